The van der Waals surface area contributed by atoms with Crippen molar-refractivity contribution in [2.75, 3.05) is 7.11 Å². The van der Waals surface area contributed by atoms with Crippen molar-refractivity contribution in [3.63, 3.8) is 0 Å². The predicted molar refractivity (Wildman–Crippen MR) is 71.0 cm³/mol. The van der Waals surface area contributed by atoms with E-state index in [4.69, 9.17) is 4.74 Å². The van der Waals surface area contributed by atoms with Crippen molar-refractivity contribution in [3.8, 4) is 5.75 Å². The molecule has 88 valence electrons. The number of ether oxygens (including phenoxy) is 1. The van der Waals surface area contributed by atoms with Crippen LogP contribution in [0.5, 0.6) is 5.75 Å². The molecule has 0 aliphatic carbocycles. The standard InChI is InChI=1S/C12H15BrO2S/c1-3-10-12(14)11-7(6-16-10)8(13)4-5-9(11)15-2/h4-5,10,12,14H,3,6H2,1-2H3. The molecule has 1 aliphatic rings. The average Bonchev–Trinajstić information content (AvgIpc) is 2.31. The molecule has 0 amide bonds. The molecule has 1 heterocycles. The van der Waals surface area contributed by atoms with E-state index in [1.807, 2.05) is 23.9 Å². The van der Waals surface area contributed by atoms with Gasteiger partial charge in [0.2, 0.25) is 0 Å². The maximum absolute atomic E-state index is 10.3. The Balaban J connectivity index is 2.51. The van der Waals surface area contributed by atoms with Gasteiger partial charge in [0, 0.05) is 21.0 Å². The lowest BCUT2D eigenvalue weighted by atomic mass is 9.98. The van der Waals surface area contributed by atoms with Crippen molar-refractivity contribution in [2.24, 2.45) is 0 Å². The molecule has 16 heavy (non-hydrogen) atoms. The van der Waals surface area contributed by atoms with Crippen LogP contribution >= 0.6 is 27.7 Å². The Morgan fingerprint density at radius 2 is 2.31 bits per heavy atom. The van der Waals surface area contributed by atoms with Gasteiger partial charge in [-0.15, -0.1) is 0 Å². The fourth-order valence-corrected chi connectivity index (χ4v) is 3.99. The van der Waals surface area contributed by atoms with Crippen LogP contribution < -0.4 is 4.74 Å². The molecule has 1 aromatic rings. The first-order valence-electron chi connectivity index (χ1n) is 5.34. The monoisotopic (exact) mass is 302 g/mol. The zero-order valence-corrected chi connectivity index (χ0v) is 11.8. The largest absolute Gasteiger partial charge is 0.496 e. The highest BCUT2D eigenvalue weighted by molar-refractivity contribution is 9.10. The summed E-state index contributed by atoms with van der Waals surface area (Å²) in [6.07, 6.45) is 0.548. The fourth-order valence-electron chi connectivity index (χ4n) is 2.07. The van der Waals surface area contributed by atoms with E-state index < -0.39 is 6.10 Å². The van der Waals surface area contributed by atoms with Gasteiger partial charge in [0.05, 0.1) is 13.2 Å². The molecule has 0 saturated heterocycles. The maximum atomic E-state index is 10.3. The molecule has 0 bridgehead atoms. The van der Waals surface area contributed by atoms with Gasteiger partial charge in [-0.05, 0) is 24.1 Å². The molecule has 1 N–H and O–H groups in total. The highest BCUT2D eigenvalue weighted by Crippen LogP contribution is 2.45. The van der Waals surface area contributed by atoms with E-state index in [-0.39, 0.29) is 5.25 Å². The zero-order chi connectivity index (χ0) is 11.7. The molecule has 2 nitrogen and oxygen atoms in total. The summed E-state index contributed by atoms with van der Waals surface area (Å²) < 4.78 is 6.40. The Kier molecular flexibility index (Phi) is 3.82. The van der Waals surface area contributed by atoms with Crippen molar-refractivity contribution in [1.82, 2.24) is 0 Å². The third-order valence-corrected chi connectivity index (χ3v) is 5.19. The van der Waals surface area contributed by atoms with Gasteiger partial charge in [0.1, 0.15) is 5.75 Å². The topological polar surface area (TPSA) is 29.5 Å². The maximum Gasteiger partial charge on any atom is 0.125 e. The summed E-state index contributed by atoms with van der Waals surface area (Å²) in [5.41, 5.74) is 2.13. The van der Waals surface area contributed by atoms with Gasteiger partial charge in [0.25, 0.3) is 0 Å². The molecule has 0 saturated carbocycles. The van der Waals surface area contributed by atoms with Gasteiger partial charge in [-0.1, -0.05) is 22.9 Å². The quantitative estimate of drug-likeness (QED) is 0.906. The Hall–Kier alpha value is -0.190. The Labute approximate surface area is 109 Å². The van der Waals surface area contributed by atoms with Crippen LogP contribution in [0.15, 0.2) is 16.6 Å². The molecular formula is C12H15BrO2S. The minimum absolute atomic E-state index is 0.274. The van der Waals surface area contributed by atoms with Gasteiger partial charge in [-0.3, -0.25) is 0 Å². The number of benzene rings is 1. The first-order valence-corrected chi connectivity index (χ1v) is 7.18. The Bertz CT molecular complexity index is 395. The molecule has 0 fully saturated rings. The third-order valence-electron chi connectivity index (χ3n) is 2.97. The van der Waals surface area contributed by atoms with Crippen LogP contribution in [0.25, 0.3) is 0 Å². The van der Waals surface area contributed by atoms with E-state index in [0.717, 1.165) is 28.0 Å². The SMILES string of the molecule is CCC1SCc2c(Br)ccc(OC)c2C1O. The van der Waals surface area contributed by atoms with Gasteiger partial charge < -0.3 is 9.84 Å². The molecule has 0 spiro atoms. The van der Waals surface area contributed by atoms with Crippen molar-refractivity contribution in [2.45, 2.75) is 30.5 Å². The van der Waals surface area contributed by atoms with Crippen LogP contribution in [0.4, 0.5) is 0 Å². The van der Waals surface area contributed by atoms with E-state index in [9.17, 15) is 5.11 Å². The minimum Gasteiger partial charge on any atom is -0.496 e. The van der Waals surface area contributed by atoms with Gasteiger partial charge in [-0.25, -0.2) is 0 Å². The first-order chi connectivity index (χ1) is 7.69. The van der Waals surface area contributed by atoms with Crippen LogP contribution in [-0.4, -0.2) is 17.5 Å². The molecule has 2 atom stereocenters. The number of rotatable bonds is 2. The number of aliphatic hydroxyl groups is 1. The number of hydrogen-bond acceptors (Lipinski definition) is 3. The first kappa shape index (κ1) is 12.3. The van der Waals surface area contributed by atoms with E-state index in [0.29, 0.717) is 0 Å². The van der Waals surface area contributed by atoms with E-state index in [1.165, 1.54) is 5.56 Å². The molecule has 2 unspecified atom stereocenters. The summed E-state index contributed by atoms with van der Waals surface area (Å²) in [5, 5.41) is 10.6. The summed E-state index contributed by atoms with van der Waals surface area (Å²) in [5.74, 6) is 1.73. The van der Waals surface area contributed by atoms with Crippen molar-refractivity contribution < 1.29 is 9.84 Å². The normalized spacial score (nSPS) is 24.0. The van der Waals surface area contributed by atoms with Crippen LogP contribution in [0.2, 0.25) is 0 Å². The predicted octanol–water partition coefficient (Wildman–Crippen LogP) is 3.52. The number of aliphatic hydroxyl groups excluding tert-OH is 1. The van der Waals surface area contributed by atoms with Crippen molar-refractivity contribution in [1.29, 1.82) is 0 Å². The van der Waals surface area contributed by atoms with Crippen LogP contribution in [0.1, 0.15) is 30.6 Å². The summed E-state index contributed by atoms with van der Waals surface area (Å²) >= 11 is 5.35. The van der Waals surface area contributed by atoms with Crippen LogP contribution in [-0.2, 0) is 5.75 Å². The van der Waals surface area contributed by atoms with Crippen LogP contribution in [0, 0.1) is 0 Å². The molecule has 0 radical (unpaired) electrons. The number of methoxy groups -OCH3 is 1. The summed E-state index contributed by atoms with van der Waals surface area (Å²) in [7, 11) is 1.65. The number of hydrogen-bond donors (Lipinski definition) is 1. The zero-order valence-electron chi connectivity index (χ0n) is 9.37. The number of fused-ring (bicyclic) bond motifs is 1. The number of thioether (sulfide) groups is 1. The molecular weight excluding hydrogens is 288 g/mol. The minimum atomic E-state index is -0.425. The lowest BCUT2D eigenvalue weighted by Gasteiger charge is -2.30. The molecule has 0 aromatic heterocycles. The molecule has 4 heteroatoms. The smallest absolute Gasteiger partial charge is 0.125 e. The number of halogens is 1. The van der Waals surface area contributed by atoms with E-state index >= 15 is 0 Å². The van der Waals surface area contributed by atoms with Gasteiger partial charge in [-0.2, -0.15) is 11.8 Å². The van der Waals surface area contributed by atoms with Crippen molar-refractivity contribution in [3.05, 3.63) is 27.7 Å². The van der Waals surface area contributed by atoms with Gasteiger partial charge in [0.15, 0.2) is 0 Å². The van der Waals surface area contributed by atoms with E-state index in [1.54, 1.807) is 7.11 Å². The second-order valence-corrected chi connectivity index (χ2v) is 5.93. The van der Waals surface area contributed by atoms with Crippen molar-refractivity contribution >= 4 is 27.7 Å². The highest BCUT2D eigenvalue weighted by atomic mass is 79.9. The average molecular weight is 303 g/mol. The van der Waals surface area contributed by atoms with Gasteiger partial charge >= 0.3 is 0 Å². The second-order valence-electron chi connectivity index (χ2n) is 3.84. The summed E-state index contributed by atoms with van der Waals surface area (Å²) in [6, 6.07) is 3.89. The third kappa shape index (κ3) is 1.98. The Morgan fingerprint density at radius 3 is 2.94 bits per heavy atom. The molecule has 2 rings (SSSR count). The lowest BCUT2D eigenvalue weighted by molar-refractivity contribution is 0.165. The summed E-state index contributed by atoms with van der Waals surface area (Å²) in [4.78, 5) is 0. The van der Waals surface area contributed by atoms with E-state index in [2.05, 4.69) is 22.9 Å². The lowest BCUT2D eigenvalue weighted by Crippen LogP contribution is -2.21. The Morgan fingerprint density at radius 1 is 1.56 bits per heavy atom. The highest BCUT2D eigenvalue weighted by Gasteiger charge is 2.31. The second kappa shape index (κ2) is 4.98. The summed E-state index contributed by atoms with van der Waals surface area (Å²) in [6.45, 7) is 2.11. The van der Waals surface area contributed by atoms with Crippen LogP contribution in [0.3, 0.4) is 0 Å². The fraction of sp³-hybridized carbons (Fsp3) is 0.500. The molecule has 1 aromatic carbocycles. The molecule has 1 aliphatic heterocycles.